The summed E-state index contributed by atoms with van der Waals surface area (Å²) in [7, 11) is 0. The highest BCUT2D eigenvalue weighted by molar-refractivity contribution is 14.0. The van der Waals surface area contributed by atoms with Crippen molar-refractivity contribution in [1.82, 2.24) is 0 Å². The fraction of sp³-hybridized carbons (Fsp3) is 1.00. The molecule has 0 radical (unpaired) electrons. The van der Waals surface area contributed by atoms with Crippen LogP contribution in [0.2, 0.25) is 0 Å². The van der Waals surface area contributed by atoms with Gasteiger partial charge >= 0.3 is 0 Å². The molecule has 0 rings (SSSR count). The average Bonchev–Trinajstić information content (AvgIpc) is 2.39. The lowest BCUT2D eigenvalue weighted by Crippen LogP contribution is -1.83. The molecular weight excluding hydrogens is 343 g/mol. The molecule has 0 aliphatic heterocycles. The van der Waals surface area contributed by atoms with E-state index in [1.165, 1.54) is 103 Å². The largest absolute Gasteiger partial charge is 0.107 e. The molecule has 0 saturated carbocycles. The van der Waals surface area contributed by atoms with Gasteiger partial charge in [0.25, 0.3) is 0 Å². The predicted molar refractivity (Wildman–Crippen MR) is 101 cm³/mol. The van der Waals surface area contributed by atoms with Crippen molar-refractivity contribution in [2.24, 2.45) is 0 Å². The van der Waals surface area contributed by atoms with Crippen molar-refractivity contribution in [2.75, 3.05) is 0 Å². The first-order valence-electron chi connectivity index (χ1n) is 8.91. The van der Waals surface area contributed by atoms with Crippen LogP contribution in [0.15, 0.2) is 0 Å². The Morgan fingerprint density at radius 2 is 0.474 bits per heavy atom. The lowest BCUT2D eigenvalue weighted by Gasteiger charge is -2.03. The van der Waals surface area contributed by atoms with Gasteiger partial charge in [0.2, 0.25) is 0 Å². The van der Waals surface area contributed by atoms with Crippen molar-refractivity contribution >= 4 is 24.0 Å². The zero-order chi connectivity index (χ0) is 13.3. The van der Waals surface area contributed by atoms with E-state index in [0.717, 1.165) is 0 Å². The molecule has 0 aliphatic rings. The minimum atomic E-state index is 0. The standard InChI is InChI=1S/C18H38.HI/c1-3-5-7-9-11-13-15-17-18-16-14-12-10-8-6-4-2;/h3-18H2,1-2H3;1H. The van der Waals surface area contributed by atoms with E-state index in [0.29, 0.717) is 0 Å². The van der Waals surface area contributed by atoms with Gasteiger partial charge in [-0.25, -0.2) is 0 Å². The SMILES string of the molecule is CCCCCCCCCCCCCCCCCC.I. The van der Waals surface area contributed by atoms with Gasteiger partial charge in [-0.05, 0) is 0 Å². The summed E-state index contributed by atoms with van der Waals surface area (Å²) in [6, 6.07) is 0. The van der Waals surface area contributed by atoms with Crippen LogP contribution in [0.1, 0.15) is 117 Å². The molecule has 0 aliphatic carbocycles. The summed E-state index contributed by atoms with van der Waals surface area (Å²) in [6.07, 6.45) is 23.4. The van der Waals surface area contributed by atoms with Gasteiger partial charge in [-0.3, -0.25) is 0 Å². The Hall–Kier alpha value is 0.730. The van der Waals surface area contributed by atoms with Crippen LogP contribution in [-0.2, 0) is 0 Å². The van der Waals surface area contributed by atoms with Gasteiger partial charge < -0.3 is 0 Å². The summed E-state index contributed by atoms with van der Waals surface area (Å²) in [5, 5.41) is 0. The van der Waals surface area contributed by atoms with E-state index in [2.05, 4.69) is 13.8 Å². The minimum Gasteiger partial charge on any atom is -0.107 e. The van der Waals surface area contributed by atoms with Crippen molar-refractivity contribution in [3.05, 3.63) is 0 Å². The molecule has 0 N–H and O–H groups in total. The third-order valence-electron chi connectivity index (χ3n) is 3.96. The Labute approximate surface area is 140 Å². The van der Waals surface area contributed by atoms with Crippen LogP contribution in [0, 0.1) is 0 Å². The number of hydrogen-bond donors (Lipinski definition) is 0. The maximum Gasteiger partial charge on any atom is -0.0533 e. The molecule has 0 unspecified atom stereocenters. The summed E-state index contributed by atoms with van der Waals surface area (Å²) in [4.78, 5) is 0. The fourth-order valence-electron chi connectivity index (χ4n) is 2.62. The zero-order valence-electron chi connectivity index (χ0n) is 13.7. The Balaban J connectivity index is 0. The predicted octanol–water partition coefficient (Wildman–Crippen LogP) is 7.89. The molecule has 0 bridgehead atoms. The van der Waals surface area contributed by atoms with Gasteiger partial charge in [-0.2, -0.15) is 0 Å². The number of rotatable bonds is 15. The summed E-state index contributed by atoms with van der Waals surface area (Å²) < 4.78 is 0. The first kappa shape index (κ1) is 22.0. The summed E-state index contributed by atoms with van der Waals surface area (Å²) in [5.41, 5.74) is 0. The highest BCUT2D eigenvalue weighted by Gasteiger charge is 1.93. The van der Waals surface area contributed by atoms with E-state index in [1.54, 1.807) is 0 Å². The summed E-state index contributed by atoms with van der Waals surface area (Å²) in [6.45, 7) is 4.59. The second-order valence-electron chi connectivity index (χ2n) is 5.95. The van der Waals surface area contributed by atoms with Gasteiger partial charge in [-0.1, -0.05) is 117 Å². The van der Waals surface area contributed by atoms with E-state index in [9.17, 15) is 0 Å². The number of hydrogen-bond acceptors (Lipinski definition) is 0. The highest BCUT2D eigenvalue weighted by atomic mass is 127. The Kier molecular flexibility index (Phi) is 24.4. The fourth-order valence-corrected chi connectivity index (χ4v) is 2.62. The maximum atomic E-state index is 2.29. The first-order chi connectivity index (χ1) is 8.91. The molecule has 19 heavy (non-hydrogen) atoms. The van der Waals surface area contributed by atoms with E-state index in [-0.39, 0.29) is 24.0 Å². The van der Waals surface area contributed by atoms with Crippen molar-refractivity contribution in [3.63, 3.8) is 0 Å². The van der Waals surface area contributed by atoms with Crippen molar-refractivity contribution < 1.29 is 0 Å². The second-order valence-corrected chi connectivity index (χ2v) is 5.95. The summed E-state index contributed by atoms with van der Waals surface area (Å²) >= 11 is 0. The van der Waals surface area contributed by atoms with Gasteiger partial charge in [0.05, 0.1) is 0 Å². The molecule has 1 heteroatoms. The third-order valence-corrected chi connectivity index (χ3v) is 3.96. The molecule has 0 atom stereocenters. The van der Waals surface area contributed by atoms with Crippen molar-refractivity contribution in [1.29, 1.82) is 0 Å². The lowest BCUT2D eigenvalue weighted by molar-refractivity contribution is 0.531. The average molecular weight is 382 g/mol. The molecule has 0 fully saturated rings. The first-order valence-corrected chi connectivity index (χ1v) is 8.91. The van der Waals surface area contributed by atoms with E-state index >= 15 is 0 Å². The molecule has 118 valence electrons. The van der Waals surface area contributed by atoms with Crippen molar-refractivity contribution in [3.8, 4) is 0 Å². The van der Waals surface area contributed by atoms with Gasteiger partial charge in [-0.15, -0.1) is 24.0 Å². The Morgan fingerprint density at radius 3 is 0.632 bits per heavy atom. The maximum absolute atomic E-state index is 2.29. The Bertz CT molecular complexity index is 118. The van der Waals surface area contributed by atoms with Crippen LogP contribution in [0.4, 0.5) is 0 Å². The molecule has 0 amide bonds. The van der Waals surface area contributed by atoms with E-state index in [1.807, 2.05) is 0 Å². The van der Waals surface area contributed by atoms with Crippen LogP contribution in [-0.4, -0.2) is 0 Å². The van der Waals surface area contributed by atoms with Crippen LogP contribution >= 0.6 is 24.0 Å². The van der Waals surface area contributed by atoms with Gasteiger partial charge in [0.15, 0.2) is 0 Å². The van der Waals surface area contributed by atoms with Crippen molar-refractivity contribution in [2.45, 2.75) is 117 Å². The van der Waals surface area contributed by atoms with E-state index < -0.39 is 0 Å². The molecule has 0 nitrogen and oxygen atoms in total. The van der Waals surface area contributed by atoms with Crippen LogP contribution < -0.4 is 0 Å². The zero-order valence-corrected chi connectivity index (χ0v) is 16.1. The molecule has 0 aromatic rings. The van der Waals surface area contributed by atoms with Gasteiger partial charge in [0.1, 0.15) is 0 Å². The Morgan fingerprint density at radius 1 is 0.316 bits per heavy atom. The molecule has 0 aromatic carbocycles. The van der Waals surface area contributed by atoms with Crippen LogP contribution in [0.3, 0.4) is 0 Å². The normalized spacial score (nSPS) is 10.4. The third kappa shape index (κ3) is 21.2. The topological polar surface area (TPSA) is 0 Å². The number of halogens is 1. The molecular formula is C18H39I. The minimum absolute atomic E-state index is 0. The monoisotopic (exact) mass is 382 g/mol. The second kappa shape index (κ2) is 21.0. The molecule has 0 saturated heterocycles. The molecule has 0 aromatic heterocycles. The quantitative estimate of drug-likeness (QED) is 0.200. The van der Waals surface area contributed by atoms with E-state index in [4.69, 9.17) is 0 Å². The lowest BCUT2D eigenvalue weighted by atomic mass is 10.0. The number of unbranched alkanes of at least 4 members (excludes halogenated alkanes) is 15. The van der Waals surface area contributed by atoms with Crippen LogP contribution in [0.5, 0.6) is 0 Å². The van der Waals surface area contributed by atoms with Crippen LogP contribution in [0.25, 0.3) is 0 Å². The molecule has 0 heterocycles. The van der Waals surface area contributed by atoms with Gasteiger partial charge in [0, 0.05) is 0 Å². The smallest absolute Gasteiger partial charge is 0.0533 e. The summed E-state index contributed by atoms with van der Waals surface area (Å²) in [5.74, 6) is 0. The highest BCUT2D eigenvalue weighted by Crippen LogP contribution is 2.13. The molecule has 0 spiro atoms.